The fourth-order valence-electron chi connectivity index (χ4n) is 3.17. The van der Waals surface area contributed by atoms with Crippen LogP contribution in [-0.4, -0.2) is 15.9 Å². The molecule has 0 amide bonds. The Labute approximate surface area is 217 Å². The molecular formula is C28H36IrNO4-. The summed E-state index contributed by atoms with van der Waals surface area (Å²) in [6, 6.07) is 14.1. The molecule has 0 spiro atoms. The Bertz CT molecular complexity index is 1050. The van der Waals surface area contributed by atoms with Crippen LogP contribution in [0.15, 0.2) is 65.1 Å². The number of hydrogen-bond acceptors (Lipinski definition) is 5. The van der Waals surface area contributed by atoms with Gasteiger partial charge in [0.05, 0.1) is 6.26 Å². The Kier molecular flexibility index (Phi) is 11.7. The molecule has 1 aromatic carbocycles. The molecular weight excluding hydrogens is 607 g/mol. The molecule has 187 valence electrons. The zero-order valence-electron chi connectivity index (χ0n) is 21.0. The number of allylic oxidation sites excluding steroid dienone is 2. The fourth-order valence-corrected chi connectivity index (χ4v) is 3.17. The quantitative estimate of drug-likeness (QED) is 0.145. The number of benzene rings is 1. The van der Waals surface area contributed by atoms with Gasteiger partial charge < -0.3 is 14.3 Å². The van der Waals surface area contributed by atoms with E-state index < -0.39 is 0 Å². The third kappa shape index (κ3) is 7.28. The van der Waals surface area contributed by atoms with E-state index in [9.17, 15) is 9.90 Å². The summed E-state index contributed by atoms with van der Waals surface area (Å²) in [5.41, 5.74) is 0.0498. The topological polar surface area (TPSA) is 72.6 Å². The largest absolute Gasteiger partial charge is 0.512 e. The van der Waals surface area contributed by atoms with Crippen LogP contribution >= 0.6 is 0 Å². The fraction of sp³-hybridized carbons (Fsp3) is 0.429. The molecule has 1 radical (unpaired) electrons. The molecule has 3 rings (SSSR count). The van der Waals surface area contributed by atoms with Crippen LogP contribution in [-0.2, 0) is 24.9 Å². The van der Waals surface area contributed by atoms with Crippen LogP contribution in [0.5, 0.6) is 11.6 Å². The van der Waals surface area contributed by atoms with Crippen molar-refractivity contribution < 1.29 is 39.2 Å². The molecule has 0 saturated heterocycles. The predicted octanol–water partition coefficient (Wildman–Crippen LogP) is 8.07. The van der Waals surface area contributed by atoms with Gasteiger partial charge in [0, 0.05) is 54.3 Å². The van der Waals surface area contributed by atoms with Gasteiger partial charge in [0.2, 0.25) is 0 Å². The summed E-state index contributed by atoms with van der Waals surface area (Å²) in [5.74, 6) is 1.37. The molecule has 0 aliphatic rings. The van der Waals surface area contributed by atoms with Crippen LogP contribution in [0.4, 0.5) is 0 Å². The molecule has 2 heterocycles. The molecule has 0 aliphatic heterocycles. The molecule has 0 aliphatic carbocycles. The van der Waals surface area contributed by atoms with Gasteiger partial charge in [0.1, 0.15) is 5.76 Å². The summed E-state index contributed by atoms with van der Waals surface area (Å²) in [7, 11) is 0. The van der Waals surface area contributed by atoms with Crippen LogP contribution in [0.3, 0.4) is 0 Å². The molecule has 5 nitrogen and oxygen atoms in total. The van der Waals surface area contributed by atoms with Gasteiger partial charge >= 0.3 is 0 Å². The SMILES string of the molecule is CCC(C)(CC)C(=O)/C=C(\O)C(C)(CC)CC.[Ir].[c-]1ccccc1Oc1nccc2ccoc12. The van der Waals surface area contributed by atoms with Crippen LogP contribution in [0.25, 0.3) is 11.0 Å². The van der Waals surface area contributed by atoms with Crippen molar-refractivity contribution in [3.63, 3.8) is 0 Å². The van der Waals surface area contributed by atoms with Crippen molar-refractivity contribution in [3.05, 3.63) is 66.8 Å². The number of aliphatic hydroxyl groups is 1. The molecule has 2 aromatic heterocycles. The summed E-state index contributed by atoms with van der Waals surface area (Å²) >= 11 is 0. The normalized spacial score (nSPS) is 11.9. The molecule has 0 atom stereocenters. The van der Waals surface area contributed by atoms with Crippen LogP contribution in [0.1, 0.15) is 67.2 Å². The second kappa shape index (κ2) is 13.5. The van der Waals surface area contributed by atoms with Gasteiger partial charge in [-0.05, 0) is 37.8 Å². The van der Waals surface area contributed by atoms with Gasteiger partial charge in [-0.15, -0.1) is 12.1 Å². The third-order valence-corrected chi connectivity index (χ3v) is 6.83. The molecule has 0 bridgehead atoms. The Morgan fingerprint density at radius 2 is 1.71 bits per heavy atom. The van der Waals surface area contributed by atoms with Crippen molar-refractivity contribution in [3.8, 4) is 11.6 Å². The number of aromatic nitrogens is 1. The standard InChI is InChI=1S/C15H28O2.C13H8NO2.Ir/c1-7-14(5,8-2)12(16)11-13(17)15(6,9-3)10-4;1-2-4-11(5-3-1)16-13-12-10(6-8-14-13)7-9-15-12;/h11,16H,7-10H2,1-6H3;1-4,6-9H;/q;-1;/b12-11-;;. The molecule has 0 fully saturated rings. The number of furan rings is 1. The van der Waals surface area contributed by atoms with E-state index in [1.54, 1.807) is 18.5 Å². The summed E-state index contributed by atoms with van der Waals surface area (Å²) in [6.45, 7) is 12.1. The first-order valence-corrected chi connectivity index (χ1v) is 11.6. The second-order valence-corrected chi connectivity index (χ2v) is 8.71. The molecule has 6 heteroatoms. The molecule has 34 heavy (non-hydrogen) atoms. The van der Waals surface area contributed by atoms with E-state index in [4.69, 9.17) is 9.15 Å². The zero-order valence-corrected chi connectivity index (χ0v) is 23.4. The van der Waals surface area contributed by atoms with E-state index in [0.717, 1.165) is 31.1 Å². The van der Waals surface area contributed by atoms with Gasteiger partial charge in [-0.2, -0.15) is 18.2 Å². The second-order valence-electron chi connectivity index (χ2n) is 8.71. The van der Waals surface area contributed by atoms with E-state index >= 15 is 0 Å². The maximum atomic E-state index is 12.2. The van der Waals surface area contributed by atoms with Gasteiger partial charge in [0.25, 0.3) is 5.88 Å². The maximum absolute atomic E-state index is 12.2. The Morgan fingerprint density at radius 3 is 2.26 bits per heavy atom. The average Bonchev–Trinajstić information content (AvgIpc) is 3.34. The number of aliphatic hydroxyl groups excluding tert-OH is 1. The van der Waals surface area contributed by atoms with Crippen molar-refractivity contribution in [1.82, 2.24) is 4.98 Å². The van der Waals surface area contributed by atoms with Gasteiger partial charge in [-0.1, -0.05) is 41.5 Å². The van der Waals surface area contributed by atoms with Crippen molar-refractivity contribution >= 4 is 16.8 Å². The van der Waals surface area contributed by atoms with Gasteiger partial charge in [-0.3, -0.25) is 4.79 Å². The molecule has 1 N–H and O–H groups in total. The first-order valence-electron chi connectivity index (χ1n) is 11.6. The van der Waals surface area contributed by atoms with E-state index in [-0.39, 0.29) is 42.5 Å². The van der Waals surface area contributed by atoms with Crippen molar-refractivity contribution in [2.24, 2.45) is 10.8 Å². The average molecular weight is 643 g/mol. The Hall–Kier alpha value is -2.43. The minimum Gasteiger partial charge on any atom is -0.512 e. The number of nitrogens with zero attached hydrogens (tertiary/aromatic N) is 1. The summed E-state index contributed by atoms with van der Waals surface area (Å²) < 4.78 is 10.9. The van der Waals surface area contributed by atoms with Crippen LogP contribution in [0.2, 0.25) is 0 Å². The molecule has 0 unspecified atom stereocenters. The Morgan fingerprint density at radius 1 is 1.06 bits per heavy atom. The number of carbonyl (C=O) groups is 1. The van der Waals surface area contributed by atoms with Crippen molar-refractivity contribution in [2.45, 2.75) is 67.2 Å². The first-order chi connectivity index (χ1) is 15.7. The Balaban J connectivity index is 0.000000330. The van der Waals surface area contributed by atoms with Crippen LogP contribution < -0.4 is 4.74 Å². The van der Waals surface area contributed by atoms with Crippen LogP contribution in [0, 0.1) is 16.9 Å². The number of rotatable bonds is 9. The summed E-state index contributed by atoms with van der Waals surface area (Å²) in [5, 5.41) is 11.1. The third-order valence-electron chi connectivity index (χ3n) is 6.83. The first kappa shape index (κ1) is 29.6. The van der Waals surface area contributed by atoms with E-state index in [1.807, 2.05) is 71.9 Å². The van der Waals surface area contributed by atoms with Gasteiger partial charge in [-0.25, -0.2) is 4.98 Å². The molecule has 3 aromatic rings. The number of fused-ring (bicyclic) bond motifs is 1. The number of ketones is 1. The summed E-state index contributed by atoms with van der Waals surface area (Å²) in [6.07, 6.45) is 8.06. The predicted molar refractivity (Wildman–Crippen MR) is 132 cm³/mol. The van der Waals surface area contributed by atoms with E-state index in [2.05, 4.69) is 11.1 Å². The van der Waals surface area contributed by atoms with E-state index in [0.29, 0.717) is 17.2 Å². The number of pyridine rings is 1. The minimum atomic E-state index is -0.337. The monoisotopic (exact) mass is 643 g/mol. The smallest absolute Gasteiger partial charge is 0.261 e. The number of para-hydroxylation sites is 1. The number of carbonyl (C=O) groups excluding carboxylic acids is 1. The zero-order chi connectivity index (χ0) is 24.5. The molecule has 0 saturated carbocycles. The van der Waals surface area contributed by atoms with Crippen molar-refractivity contribution in [1.29, 1.82) is 0 Å². The van der Waals surface area contributed by atoms with E-state index in [1.165, 1.54) is 6.08 Å². The maximum Gasteiger partial charge on any atom is 0.261 e. The van der Waals surface area contributed by atoms with Gasteiger partial charge in [0.15, 0.2) is 11.4 Å². The minimum absolute atomic E-state index is 0. The number of hydrogen-bond donors (Lipinski definition) is 1. The summed E-state index contributed by atoms with van der Waals surface area (Å²) in [4.78, 5) is 16.3. The van der Waals surface area contributed by atoms with Crippen molar-refractivity contribution in [2.75, 3.05) is 0 Å². The number of ether oxygens (including phenoxy) is 1.